The standard InChI is InChI=1S/C17H30N2O/c1-11(2)20-17-10-15(12(3)9-16(17)18)13-5-7-14(19-4)8-6-13/h9,11,13-15,19H,5-8,10,18H2,1-4H3/t13-,14-,15?. The van der Waals surface area contributed by atoms with Crippen molar-refractivity contribution in [3.8, 4) is 0 Å². The second-order valence-corrected chi connectivity index (χ2v) is 6.64. The molecule has 1 fully saturated rings. The summed E-state index contributed by atoms with van der Waals surface area (Å²) < 4.78 is 5.91. The highest BCUT2D eigenvalue weighted by Gasteiger charge is 2.31. The van der Waals surface area contributed by atoms with Crippen LogP contribution < -0.4 is 11.1 Å². The molecular weight excluding hydrogens is 248 g/mol. The van der Waals surface area contributed by atoms with Gasteiger partial charge in [0.05, 0.1) is 11.8 Å². The highest BCUT2D eigenvalue weighted by atomic mass is 16.5. The molecule has 0 heterocycles. The van der Waals surface area contributed by atoms with E-state index in [4.69, 9.17) is 10.5 Å². The number of rotatable bonds is 4. The van der Waals surface area contributed by atoms with E-state index >= 15 is 0 Å². The molecule has 2 rings (SSSR count). The van der Waals surface area contributed by atoms with Gasteiger partial charge < -0.3 is 15.8 Å². The first-order chi connectivity index (χ1) is 9.51. The Hall–Kier alpha value is -0.960. The van der Waals surface area contributed by atoms with Crippen molar-refractivity contribution in [1.29, 1.82) is 0 Å². The van der Waals surface area contributed by atoms with E-state index in [9.17, 15) is 0 Å². The van der Waals surface area contributed by atoms with Crippen LogP contribution in [0.3, 0.4) is 0 Å². The highest BCUT2D eigenvalue weighted by molar-refractivity contribution is 5.30. The molecule has 3 heteroatoms. The smallest absolute Gasteiger partial charge is 0.120 e. The lowest BCUT2D eigenvalue weighted by Gasteiger charge is -2.36. The summed E-state index contributed by atoms with van der Waals surface area (Å²) >= 11 is 0. The fourth-order valence-electron chi connectivity index (χ4n) is 3.66. The van der Waals surface area contributed by atoms with Crippen molar-refractivity contribution >= 4 is 0 Å². The Morgan fingerprint density at radius 3 is 2.45 bits per heavy atom. The zero-order chi connectivity index (χ0) is 14.7. The van der Waals surface area contributed by atoms with Crippen LogP contribution in [0.5, 0.6) is 0 Å². The molecule has 20 heavy (non-hydrogen) atoms. The van der Waals surface area contributed by atoms with E-state index in [2.05, 4.69) is 39.2 Å². The van der Waals surface area contributed by atoms with E-state index < -0.39 is 0 Å². The first kappa shape index (κ1) is 15.4. The maximum atomic E-state index is 6.12. The monoisotopic (exact) mass is 278 g/mol. The van der Waals surface area contributed by atoms with E-state index in [0.29, 0.717) is 12.0 Å². The number of hydrogen-bond acceptors (Lipinski definition) is 3. The third-order valence-electron chi connectivity index (χ3n) is 4.82. The van der Waals surface area contributed by atoms with Gasteiger partial charge in [0.2, 0.25) is 0 Å². The number of nitrogens with two attached hydrogens (primary N) is 1. The Balaban J connectivity index is 2.02. The first-order valence-electron chi connectivity index (χ1n) is 8.02. The number of allylic oxidation sites excluding steroid dienone is 3. The van der Waals surface area contributed by atoms with Gasteiger partial charge >= 0.3 is 0 Å². The van der Waals surface area contributed by atoms with Gasteiger partial charge in [-0.05, 0) is 71.4 Å². The van der Waals surface area contributed by atoms with Gasteiger partial charge in [-0.25, -0.2) is 0 Å². The topological polar surface area (TPSA) is 47.3 Å². The Kier molecular flexibility index (Phi) is 5.14. The molecule has 0 amide bonds. The van der Waals surface area contributed by atoms with Gasteiger partial charge in [0.1, 0.15) is 5.76 Å². The summed E-state index contributed by atoms with van der Waals surface area (Å²) in [6.45, 7) is 6.37. The molecule has 0 aromatic heterocycles. The fourth-order valence-corrected chi connectivity index (χ4v) is 3.66. The molecule has 1 saturated carbocycles. The van der Waals surface area contributed by atoms with Crippen LogP contribution in [0.1, 0.15) is 52.9 Å². The predicted molar refractivity (Wildman–Crippen MR) is 84.1 cm³/mol. The SMILES string of the molecule is CN[C@H]1CC[C@H](C2CC(OC(C)C)=C(N)C=C2C)CC1. The van der Waals surface area contributed by atoms with E-state index in [1.54, 1.807) is 0 Å². The molecule has 3 nitrogen and oxygen atoms in total. The van der Waals surface area contributed by atoms with Crippen molar-refractivity contribution in [3.05, 3.63) is 23.1 Å². The average Bonchev–Trinajstić information content (AvgIpc) is 2.41. The van der Waals surface area contributed by atoms with E-state index in [0.717, 1.165) is 23.8 Å². The first-order valence-corrected chi connectivity index (χ1v) is 8.02. The summed E-state index contributed by atoms with van der Waals surface area (Å²) in [6.07, 6.45) is 8.55. The summed E-state index contributed by atoms with van der Waals surface area (Å²) in [5.74, 6) is 2.41. The molecule has 114 valence electrons. The molecule has 0 aromatic rings. The van der Waals surface area contributed by atoms with Crippen molar-refractivity contribution in [2.24, 2.45) is 17.6 Å². The van der Waals surface area contributed by atoms with Crippen LogP contribution in [-0.2, 0) is 4.74 Å². The normalized spacial score (nSPS) is 31.4. The molecular formula is C17H30N2O. The van der Waals surface area contributed by atoms with Crippen molar-refractivity contribution < 1.29 is 4.74 Å². The van der Waals surface area contributed by atoms with Gasteiger partial charge in [-0.2, -0.15) is 0 Å². The van der Waals surface area contributed by atoms with Crippen LogP contribution in [0.15, 0.2) is 23.1 Å². The van der Waals surface area contributed by atoms with Gasteiger partial charge in [-0.3, -0.25) is 0 Å². The third-order valence-corrected chi connectivity index (χ3v) is 4.82. The molecule has 0 bridgehead atoms. The quantitative estimate of drug-likeness (QED) is 0.829. The molecule has 0 spiro atoms. The van der Waals surface area contributed by atoms with Gasteiger partial charge in [0.15, 0.2) is 0 Å². The van der Waals surface area contributed by atoms with E-state index in [-0.39, 0.29) is 6.10 Å². The molecule has 0 aromatic carbocycles. The lowest BCUT2D eigenvalue weighted by atomic mass is 9.72. The number of hydrogen-bond donors (Lipinski definition) is 2. The van der Waals surface area contributed by atoms with Crippen LogP contribution in [-0.4, -0.2) is 19.2 Å². The lowest BCUT2D eigenvalue weighted by Crippen LogP contribution is -2.33. The summed E-state index contributed by atoms with van der Waals surface area (Å²) in [6, 6.07) is 0.714. The van der Waals surface area contributed by atoms with Crippen molar-refractivity contribution in [2.45, 2.75) is 65.0 Å². The fraction of sp³-hybridized carbons (Fsp3) is 0.765. The van der Waals surface area contributed by atoms with Crippen LogP contribution in [0.25, 0.3) is 0 Å². The molecule has 1 atom stereocenters. The lowest BCUT2D eigenvalue weighted by molar-refractivity contribution is 0.120. The van der Waals surface area contributed by atoms with Crippen LogP contribution in [0.4, 0.5) is 0 Å². The number of ether oxygens (including phenoxy) is 1. The summed E-state index contributed by atoms with van der Waals surface area (Å²) in [5, 5.41) is 3.41. The Morgan fingerprint density at radius 2 is 1.90 bits per heavy atom. The minimum Gasteiger partial charge on any atom is -0.493 e. The average molecular weight is 278 g/mol. The Morgan fingerprint density at radius 1 is 1.25 bits per heavy atom. The molecule has 3 N–H and O–H groups in total. The van der Waals surface area contributed by atoms with Crippen LogP contribution >= 0.6 is 0 Å². The Labute approximate surface area is 123 Å². The minimum atomic E-state index is 0.205. The molecule has 0 saturated heterocycles. The molecule has 1 unspecified atom stereocenters. The maximum Gasteiger partial charge on any atom is 0.120 e. The van der Waals surface area contributed by atoms with Crippen molar-refractivity contribution in [3.63, 3.8) is 0 Å². The summed E-state index contributed by atoms with van der Waals surface area (Å²) in [5.41, 5.74) is 8.39. The molecule has 2 aliphatic carbocycles. The second-order valence-electron chi connectivity index (χ2n) is 6.64. The molecule has 0 radical (unpaired) electrons. The van der Waals surface area contributed by atoms with Gasteiger partial charge in [0.25, 0.3) is 0 Å². The summed E-state index contributed by atoms with van der Waals surface area (Å²) in [4.78, 5) is 0. The summed E-state index contributed by atoms with van der Waals surface area (Å²) in [7, 11) is 2.08. The second kappa shape index (κ2) is 6.66. The van der Waals surface area contributed by atoms with Crippen LogP contribution in [0, 0.1) is 11.8 Å². The number of nitrogens with one attached hydrogen (secondary N) is 1. The van der Waals surface area contributed by atoms with Crippen LogP contribution in [0.2, 0.25) is 0 Å². The maximum absolute atomic E-state index is 6.12. The largest absolute Gasteiger partial charge is 0.493 e. The van der Waals surface area contributed by atoms with Gasteiger partial charge in [-0.1, -0.05) is 5.57 Å². The van der Waals surface area contributed by atoms with Gasteiger partial charge in [0, 0.05) is 12.5 Å². The van der Waals surface area contributed by atoms with Crippen molar-refractivity contribution in [1.82, 2.24) is 5.32 Å². The van der Waals surface area contributed by atoms with Crippen molar-refractivity contribution in [2.75, 3.05) is 7.05 Å². The predicted octanol–water partition coefficient (Wildman–Crippen LogP) is 3.33. The highest BCUT2D eigenvalue weighted by Crippen LogP contribution is 2.40. The Bertz CT molecular complexity index is 390. The molecule has 0 aliphatic heterocycles. The van der Waals surface area contributed by atoms with E-state index in [1.807, 2.05) is 0 Å². The van der Waals surface area contributed by atoms with Gasteiger partial charge in [-0.15, -0.1) is 0 Å². The zero-order valence-corrected chi connectivity index (χ0v) is 13.4. The zero-order valence-electron chi connectivity index (χ0n) is 13.4. The third kappa shape index (κ3) is 3.57. The molecule has 2 aliphatic rings. The minimum absolute atomic E-state index is 0.205. The van der Waals surface area contributed by atoms with E-state index in [1.165, 1.54) is 31.3 Å².